The Labute approximate surface area is 111 Å². The first-order chi connectivity index (χ1) is 9.10. The summed E-state index contributed by atoms with van der Waals surface area (Å²) in [5.41, 5.74) is 0. The van der Waals surface area contributed by atoms with Crippen LogP contribution in [0.25, 0.3) is 0 Å². The van der Waals surface area contributed by atoms with Gasteiger partial charge >= 0.3 is 17.8 Å². The van der Waals surface area contributed by atoms with E-state index in [-0.39, 0.29) is 31.6 Å². The molecule has 1 saturated heterocycles. The molecule has 0 bridgehead atoms. The molecule has 19 heavy (non-hydrogen) atoms. The van der Waals surface area contributed by atoms with Gasteiger partial charge in [0.05, 0.1) is 19.1 Å². The van der Waals surface area contributed by atoms with Crippen molar-refractivity contribution >= 4 is 17.8 Å². The predicted octanol–water partition coefficient (Wildman–Crippen LogP) is -1.10. The number of hydrogen-bond acceptors (Lipinski definition) is 5. The Kier molecular flexibility index (Phi) is 6.27. The topological polar surface area (TPSA) is 95.9 Å². The first-order valence-corrected chi connectivity index (χ1v) is 6.44. The van der Waals surface area contributed by atoms with Crippen LogP contribution >= 0.6 is 0 Å². The van der Waals surface area contributed by atoms with Crippen molar-refractivity contribution in [1.29, 1.82) is 0 Å². The molecule has 2 N–H and O–H groups in total. The first-order valence-electron chi connectivity index (χ1n) is 6.44. The third-order valence-corrected chi connectivity index (χ3v) is 2.92. The second-order valence-electron chi connectivity index (χ2n) is 4.32. The van der Waals surface area contributed by atoms with E-state index in [2.05, 4.69) is 5.32 Å². The van der Waals surface area contributed by atoms with E-state index in [1.54, 1.807) is 6.92 Å². The summed E-state index contributed by atoms with van der Waals surface area (Å²) in [5.74, 6) is -2.10. The minimum atomic E-state index is -0.751. The van der Waals surface area contributed by atoms with Gasteiger partial charge in [-0.2, -0.15) is 0 Å². The summed E-state index contributed by atoms with van der Waals surface area (Å²) in [4.78, 5) is 36.3. The Morgan fingerprint density at radius 2 is 2.16 bits per heavy atom. The van der Waals surface area contributed by atoms with Crippen LogP contribution in [0.5, 0.6) is 0 Å². The van der Waals surface area contributed by atoms with Crippen molar-refractivity contribution in [3.8, 4) is 0 Å². The van der Waals surface area contributed by atoms with Gasteiger partial charge in [0, 0.05) is 19.6 Å². The van der Waals surface area contributed by atoms with Gasteiger partial charge < -0.3 is 20.1 Å². The Bertz CT molecular complexity index is 345. The molecular formula is C12H20N2O5. The second-order valence-corrected chi connectivity index (χ2v) is 4.32. The summed E-state index contributed by atoms with van der Waals surface area (Å²) < 4.78 is 4.92. The fourth-order valence-corrected chi connectivity index (χ4v) is 2.00. The van der Waals surface area contributed by atoms with Gasteiger partial charge in [-0.05, 0) is 19.8 Å². The molecule has 0 aromatic heterocycles. The number of aliphatic hydroxyl groups excluding tert-OH is 1. The molecule has 1 unspecified atom stereocenters. The fraction of sp³-hybridized carbons (Fsp3) is 0.750. The summed E-state index contributed by atoms with van der Waals surface area (Å²) >= 11 is 0. The summed E-state index contributed by atoms with van der Waals surface area (Å²) in [7, 11) is 0. The molecule has 7 heteroatoms. The maximum absolute atomic E-state index is 11.8. The number of nitrogens with zero attached hydrogens (tertiary/aromatic N) is 1. The molecule has 0 saturated carbocycles. The molecule has 2 amide bonds. The van der Waals surface area contributed by atoms with Gasteiger partial charge in [0.1, 0.15) is 0 Å². The molecule has 0 aromatic rings. The Hall–Kier alpha value is -1.63. The van der Waals surface area contributed by atoms with Crippen molar-refractivity contribution in [2.75, 3.05) is 32.8 Å². The lowest BCUT2D eigenvalue weighted by Gasteiger charge is -2.30. The molecule has 0 radical (unpaired) electrons. The number of piperidine rings is 1. The Balaban J connectivity index is 2.51. The molecular weight excluding hydrogens is 252 g/mol. The van der Waals surface area contributed by atoms with Crippen molar-refractivity contribution in [3.05, 3.63) is 0 Å². The minimum Gasteiger partial charge on any atom is -0.466 e. The summed E-state index contributed by atoms with van der Waals surface area (Å²) in [6.07, 6.45) is 1.34. The first kappa shape index (κ1) is 15.4. The van der Waals surface area contributed by atoms with Crippen LogP contribution in [0, 0.1) is 5.92 Å². The molecule has 0 aliphatic carbocycles. The van der Waals surface area contributed by atoms with Crippen LogP contribution in [0.1, 0.15) is 19.8 Å². The van der Waals surface area contributed by atoms with E-state index < -0.39 is 11.8 Å². The summed E-state index contributed by atoms with van der Waals surface area (Å²) in [6.45, 7) is 2.53. The Morgan fingerprint density at radius 1 is 1.42 bits per heavy atom. The molecule has 0 aromatic carbocycles. The lowest BCUT2D eigenvalue weighted by molar-refractivity contribution is -0.154. The van der Waals surface area contributed by atoms with Crippen LogP contribution in [-0.2, 0) is 19.1 Å². The highest BCUT2D eigenvalue weighted by Crippen LogP contribution is 2.18. The second kappa shape index (κ2) is 7.73. The van der Waals surface area contributed by atoms with E-state index in [1.807, 2.05) is 0 Å². The van der Waals surface area contributed by atoms with Crippen molar-refractivity contribution < 1.29 is 24.2 Å². The van der Waals surface area contributed by atoms with E-state index in [0.29, 0.717) is 26.0 Å². The number of ether oxygens (including phenoxy) is 1. The van der Waals surface area contributed by atoms with E-state index in [1.165, 1.54) is 4.90 Å². The van der Waals surface area contributed by atoms with Crippen LogP contribution in [0.15, 0.2) is 0 Å². The quantitative estimate of drug-likeness (QED) is 0.500. The van der Waals surface area contributed by atoms with E-state index in [0.717, 1.165) is 0 Å². The number of nitrogens with one attached hydrogen (secondary N) is 1. The van der Waals surface area contributed by atoms with Crippen LogP contribution in [0.3, 0.4) is 0 Å². The molecule has 0 spiro atoms. The maximum Gasteiger partial charge on any atom is 0.311 e. The number of rotatable bonds is 4. The number of likely N-dealkylation sites (tertiary alicyclic amines) is 1. The molecule has 1 heterocycles. The molecule has 1 fully saturated rings. The maximum atomic E-state index is 11.8. The fourth-order valence-electron chi connectivity index (χ4n) is 2.00. The minimum absolute atomic E-state index is 0.0414. The monoisotopic (exact) mass is 272 g/mol. The third kappa shape index (κ3) is 4.51. The SMILES string of the molecule is CCOC(=O)C1CCCN(C(=O)C(=O)NCCO)C1. The highest BCUT2D eigenvalue weighted by molar-refractivity contribution is 6.35. The molecule has 1 rings (SSSR count). The van der Waals surface area contributed by atoms with E-state index >= 15 is 0 Å². The number of carbonyl (C=O) groups excluding carboxylic acids is 3. The summed E-state index contributed by atoms with van der Waals surface area (Å²) in [6, 6.07) is 0. The normalized spacial score (nSPS) is 18.8. The highest BCUT2D eigenvalue weighted by Gasteiger charge is 2.31. The van der Waals surface area contributed by atoms with Crippen LogP contribution in [-0.4, -0.2) is 60.6 Å². The number of carbonyl (C=O) groups is 3. The van der Waals surface area contributed by atoms with Gasteiger partial charge in [0.2, 0.25) is 0 Å². The average Bonchev–Trinajstić information content (AvgIpc) is 2.44. The zero-order valence-corrected chi connectivity index (χ0v) is 11.1. The summed E-state index contributed by atoms with van der Waals surface area (Å²) in [5, 5.41) is 10.9. The zero-order valence-electron chi connectivity index (χ0n) is 11.1. The molecule has 1 atom stereocenters. The lowest BCUT2D eigenvalue weighted by atomic mass is 9.98. The van der Waals surface area contributed by atoms with Crippen molar-refractivity contribution in [2.24, 2.45) is 5.92 Å². The van der Waals surface area contributed by atoms with Crippen molar-refractivity contribution in [3.63, 3.8) is 0 Å². The zero-order chi connectivity index (χ0) is 14.3. The van der Waals surface area contributed by atoms with Crippen molar-refractivity contribution in [1.82, 2.24) is 10.2 Å². The van der Waals surface area contributed by atoms with Crippen LogP contribution in [0.2, 0.25) is 0 Å². The predicted molar refractivity (Wildman–Crippen MR) is 66.0 cm³/mol. The van der Waals surface area contributed by atoms with Gasteiger partial charge in [-0.3, -0.25) is 14.4 Å². The lowest BCUT2D eigenvalue weighted by Crippen LogP contribution is -2.49. The molecule has 1 aliphatic heterocycles. The van der Waals surface area contributed by atoms with E-state index in [9.17, 15) is 14.4 Å². The van der Waals surface area contributed by atoms with E-state index in [4.69, 9.17) is 9.84 Å². The largest absolute Gasteiger partial charge is 0.466 e. The van der Waals surface area contributed by atoms with Crippen LogP contribution in [0.4, 0.5) is 0 Å². The Morgan fingerprint density at radius 3 is 2.79 bits per heavy atom. The number of esters is 1. The standard InChI is InChI=1S/C12H20N2O5/c1-2-19-12(18)9-4-3-6-14(8-9)11(17)10(16)13-5-7-15/h9,15H,2-8H2,1H3,(H,13,16). The number of hydrogen-bond donors (Lipinski definition) is 2. The van der Waals surface area contributed by atoms with Gasteiger partial charge in [0.15, 0.2) is 0 Å². The molecule has 1 aliphatic rings. The van der Waals surface area contributed by atoms with Gasteiger partial charge in [-0.15, -0.1) is 0 Å². The van der Waals surface area contributed by atoms with Gasteiger partial charge in [0.25, 0.3) is 0 Å². The molecule has 7 nitrogen and oxygen atoms in total. The van der Waals surface area contributed by atoms with Gasteiger partial charge in [-0.25, -0.2) is 0 Å². The van der Waals surface area contributed by atoms with Crippen LogP contribution < -0.4 is 5.32 Å². The van der Waals surface area contributed by atoms with Gasteiger partial charge in [-0.1, -0.05) is 0 Å². The third-order valence-electron chi connectivity index (χ3n) is 2.92. The number of amides is 2. The number of aliphatic hydroxyl groups is 1. The van der Waals surface area contributed by atoms with Crippen molar-refractivity contribution in [2.45, 2.75) is 19.8 Å². The highest BCUT2D eigenvalue weighted by atomic mass is 16.5. The molecule has 108 valence electrons. The smallest absolute Gasteiger partial charge is 0.311 e. The average molecular weight is 272 g/mol.